The van der Waals surface area contributed by atoms with Gasteiger partial charge in [0, 0.05) is 17.0 Å². The first kappa shape index (κ1) is 17.2. The second-order valence-electron chi connectivity index (χ2n) is 5.64. The number of benzene rings is 2. The number of aromatic nitrogens is 1. The lowest BCUT2D eigenvalue weighted by Gasteiger charge is -2.05. The maximum Gasteiger partial charge on any atom is 0.271 e. The Labute approximate surface area is 151 Å². The summed E-state index contributed by atoms with van der Waals surface area (Å²) in [6.07, 6.45) is 0.768. The van der Waals surface area contributed by atoms with E-state index in [1.807, 2.05) is 61.5 Å². The quantitative estimate of drug-likeness (QED) is 0.727. The number of hydrogen-bond donors (Lipinski definition) is 1. The molecule has 1 N–H and O–H groups in total. The molecule has 0 bridgehead atoms. The summed E-state index contributed by atoms with van der Waals surface area (Å²) < 4.78 is 5.14. The van der Waals surface area contributed by atoms with Crippen LogP contribution in [0.1, 0.15) is 20.9 Å². The second kappa shape index (κ2) is 7.94. The number of amides is 1. The van der Waals surface area contributed by atoms with Crippen LogP contribution < -0.4 is 10.1 Å². The molecule has 3 aromatic rings. The number of methoxy groups -OCH3 is 1. The third-order valence-electron chi connectivity index (χ3n) is 3.89. The summed E-state index contributed by atoms with van der Waals surface area (Å²) in [5.41, 5.74) is 2.70. The van der Waals surface area contributed by atoms with E-state index in [2.05, 4.69) is 10.3 Å². The first-order chi connectivity index (χ1) is 12.2. The molecule has 0 saturated carbocycles. The van der Waals surface area contributed by atoms with E-state index < -0.39 is 0 Å². The van der Waals surface area contributed by atoms with E-state index >= 15 is 0 Å². The highest BCUT2D eigenvalue weighted by Gasteiger charge is 2.15. The van der Waals surface area contributed by atoms with Gasteiger partial charge in [0.2, 0.25) is 0 Å². The Morgan fingerprint density at radius 1 is 1.12 bits per heavy atom. The lowest BCUT2D eigenvalue weighted by molar-refractivity contribution is 0.0949. The second-order valence-corrected chi connectivity index (χ2v) is 6.85. The molecule has 0 aliphatic heterocycles. The number of carbonyl (C=O) groups is 1. The third kappa shape index (κ3) is 4.25. The topological polar surface area (TPSA) is 51.2 Å². The number of carbonyl (C=O) groups excluding carboxylic acids is 1. The first-order valence-corrected chi connectivity index (χ1v) is 8.93. The molecule has 25 heavy (non-hydrogen) atoms. The van der Waals surface area contributed by atoms with Gasteiger partial charge in [0.1, 0.15) is 16.5 Å². The van der Waals surface area contributed by atoms with E-state index in [0.717, 1.165) is 33.2 Å². The Hall–Kier alpha value is -2.66. The monoisotopic (exact) mass is 352 g/mol. The molecule has 1 heterocycles. The number of rotatable bonds is 6. The molecule has 0 radical (unpaired) electrons. The number of ether oxygens (including phenoxy) is 1. The van der Waals surface area contributed by atoms with Crippen molar-refractivity contribution < 1.29 is 9.53 Å². The molecule has 128 valence electrons. The van der Waals surface area contributed by atoms with E-state index in [-0.39, 0.29) is 5.91 Å². The Kier molecular flexibility index (Phi) is 5.46. The predicted octanol–water partition coefficient (Wildman–Crippen LogP) is 4.10. The molecular formula is C20H20N2O2S. The summed E-state index contributed by atoms with van der Waals surface area (Å²) in [7, 11) is 1.65. The van der Waals surface area contributed by atoms with Crippen molar-refractivity contribution in [2.75, 3.05) is 13.7 Å². The maximum atomic E-state index is 12.4. The van der Waals surface area contributed by atoms with Gasteiger partial charge in [0.15, 0.2) is 0 Å². The molecular weight excluding hydrogens is 332 g/mol. The van der Waals surface area contributed by atoms with Gasteiger partial charge in [-0.15, -0.1) is 11.3 Å². The molecule has 0 spiro atoms. The summed E-state index contributed by atoms with van der Waals surface area (Å²) in [5.74, 6) is 0.712. The number of hydrogen-bond acceptors (Lipinski definition) is 4. The van der Waals surface area contributed by atoms with Crippen LogP contribution in [0, 0.1) is 6.92 Å². The first-order valence-electron chi connectivity index (χ1n) is 8.11. The lowest BCUT2D eigenvalue weighted by atomic mass is 10.1. The largest absolute Gasteiger partial charge is 0.497 e. The smallest absolute Gasteiger partial charge is 0.271 e. The zero-order valence-electron chi connectivity index (χ0n) is 14.3. The van der Waals surface area contributed by atoms with Crippen LogP contribution >= 0.6 is 11.3 Å². The van der Waals surface area contributed by atoms with Crippen LogP contribution in [0.2, 0.25) is 0 Å². The Morgan fingerprint density at radius 2 is 1.84 bits per heavy atom. The van der Waals surface area contributed by atoms with Crippen molar-refractivity contribution in [1.29, 1.82) is 0 Å². The molecule has 0 saturated heterocycles. The highest BCUT2D eigenvalue weighted by Crippen LogP contribution is 2.27. The molecule has 0 unspecified atom stereocenters. The average molecular weight is 352 g/mol. The van der Waals surface area contributed by atoms with Gasteiger partial charge < -0.3 is 10.1 Å². The molecule has 1 aromatic heterocycles. The van der Waals surface area contributed by atoms with E-state index in [1.165, 1.54) is 0 Å². The normalized spacial score (nSPS) is 10.5. The number of aryl methyl sites for hydroxylation is 1. The van der Waals surface area contributed by atoms with Gasteiger partial charge in [-0.3, -0.25) is 4.79 Å². The van der Waals surface area contributed by atoms with Crippen molar-refractivity contribution in [3.63, 3.8) is 0 Å². The molecule has 2 aromatic carbocycles. The van der Waals surface area contributed by atoms with Crippen molar-refractivity contribution in [2.45, 2.75) is 13.3 Å². The van der Waals surface area contributed by atoms with Crippen LogP contribution in [0.4, 0.5) is 0 Å². The fourth-order valence-corrected chi connectivity index (χ4v) is 3.42. The van der Waals surface area contributed by atoms with E-state index in [9.17, 15) is 4.79 Å². The molecule has 5 heteroatoms. The maximum absolute atomic E-state index is 12.4. The SMILES string of the molecule is COc1ccc(CCNC(=O)c2nc(-c3ccccc3)sc2C)cc1. The highest BCUT2D eigenvalue weighted by molar-refractivity contribution is 7.15. The van der Waals surface area contributed by atoms with Crippen LogP contribution in [0.25, 0.3) is 10.6 Å². The zero-order chi connectivity index (χ0) is 17.6. The van der Waals surface area contributed by atoms with Crippen LogP contribution in [-0.2, 0) is 6.42 Å². The van der Waals surface area contributed by atoms with Crippen molar-refractivity contribution >= 4 is 17.2 Å². The van der Waals surface area contributed by atoms with E-state index in [4.69, 9.17) is 4.74 Å². The standard InChI is InChI=1S/C20H20N2O2S/c1-14-18(22-20(25-14)16-6-4-3-5-7-16)19(23)21-13-12-15-8-10-17(24-2)11-9-15/h3-11H,12-13H2,1-2H3,(H,21,23). The number of thiazole rings is 1. The summed E-state index contributed by atoms with van der Waals surface area (Å²) in [6.45, 7) is 2.51. The van der Waals surface area contributed by atoms with Gasteiger partial charge in [-0.1, -0.05) is 42.5 Å². The summed E-state index contributed by atoms with van der Waals surface area (Å²) in [5, 5.41) is 3.83. The van der Waals surface area contributed by atoms with E-state index in [1.54, 1.807) is 18.4 Å². The van der Waals surface area contributed by atoms with Crippen LogP contribution in [0.3, 0.4) is 0 Å². The lowest BCUT2D eigenvalue weighted by Crippen LogP contribution is -2.26. The molecule has 1 amide bonds. The number of nitrogens with zero attached hydrogens (tertiary/aromatic N) is 1. The zero-order valence-corrected chi connectivity index (χ0v) is 15.1. The molecule has 3 rings (SSSR count). The van der Waals surface area contributed by atoms with Gasteiger partial charge in [-0.25, -0.2) is 4.98 Å². The molecule has 0 atom stereocenters. The van der Waals surface area contributed by atoms with Gasteiger partial charge >= 0.3 is 0 Å². The van der Waals surface area contributed by atoms with Gasteiger partial charge in [-0.05, 0) is 31.0 Å². The number of nitrogens with one attached hydrogen (secondary N) is 1. The summed E-state index contributed by atoms with van der Waals surface area (Å²) in [4.78, 5) is 17.9. The van der Waals surface area contributed by atoms with Crippen LogP contribution in [0.15, 0.2) is 54.6 Å². The Bertz CT molecular complexity index is 842. The minimum absolute atomic E-state index is 0.121. The third-order valence-corrected chi connectivity index (χ3v) is 4.91. The molecule has 0 aliphatic carbocycles. The van der Waals surface area contributed by atoms with E-state index in [0.29, 0.717) is 12.2 Å². The summed E-state index contributed by atoms with van der Waals surface area (Å²) in [6, 6.07) is 17.8. The van der Waals surface area contributed by atoms with Gasteiger partial charge in [0.05, 0.1) is 7.11 Å². The van der Waals surface area contributed by atoms with Crippen molar-refractivity contribution in [1.82, 2.24) is 10.3 Å². The van der Waals surface area contributed by atoms with Crippen molar-refractivity contribution in [3.8, 4) is 16.3 Å². The van der Waals surface area contributed by atoms with Gasteiger partial charge in [-0.2, -0.15) is 0 Å². The molecule has 0 fully saturated rings. The summed E-state index contributed by atoms with van der Waals surface area (Å²) >= 11 is 1.54. The van der Waals surface area contributed by atoms with Gasteiger partial charge in [0.25, 0.3) is 5.91 Å². The molecule has 4 nitrogen and oxygen atoms in total. The predicted molar refractivity (Wildman–Crippen MR) is 101 cm³/mol. The van der Waals surface area contributed by atoms with Crippen LogP contribution in [0.5, 0.6) is 5.75 Å². The Morgan fingerprint density at radius 3 is 2.52 bits per heavy atom. The van der Waals surface area contributed by atoms with Crippen LogP contribution in [-0.4, -0.2) is 24.5 Å². The minimum atomic E-state index is -0.121. The average Bonchev–Trinajstić information content (AvgIpc) is 3.05. The van der Waals surface area contributed by atoms with Crippen molar-refractivity contribution in [2.24, 2.45) is 0 Å². The Balaban J connectivity index is 1.60. The molecule has 0 aliphatic rings. The fraction of sp³-hybridized carbons (Fsp3) is 0.200. The minimum Gasteiger partial charge on any atom is -0.497 e. The van der Waals surface area contributed by atoms with Crippen molar-refractivity contribution in [3.05, 3.63) is 70.7 Å². The highest BCUT2D eigenvalue weighted by atomic mass is 32.1. The fourth-order valence-electron chi connectivity index (χ4n) is 2.51.